The van der Waals surface area contributed by atoms with Gasteiger partial charge in [0.25, 0.3) is 0 Å². The molecule has 1 heterocycles. The summed E-state index contributed by atoms with van der Waals surface area (Å²) < 4.78 is 1.08. The van der Waals surface area contributed by atoms with Crippen molar-refractivity contribution < 1.29 is 0 Å². The summed E-state index contributed by atoms with van der Waals surface area (Å²) >= 11 is 3.58. The highest BCUT2D eigenvalue weighted by atomic mass is 79.9. The summed E-state index contributed by atoms with van der Waals surface area (Å²) in [7, 11) is 0. The van der Waals surface area contributed by atoms with Crippen LogP contribution in [0.25, 0.3) is 11.0 Å². The summed E-state index contributed by atoms with van der Waals surface area (Å²) in [5.74, 6) is 5.78. The number of fused-ring (bicyclic) bond motifs is 1. The van der Waals surface area contributed by atoms with Gasteiger partial charge in [0.1, 0.15) is 0 Å². The van der Waals surface area contributed by atoms with Crippen LogP contribution in [0.5, 0.6) is 0 Å². The smallest absolute Gasteiger partial charge is 0.0935 e. The van der Waals surface area contributed by atoms with Crippen LogP contribution in [0.15, 0.2) is 59.3 Å². The van der Waals surface area contributed by atoms with Gasteiger partial charge in [0.2, 0.25) is 0 Å². The predicted molar refractivity (Wildman–Crippen MR) is 87.4 cm³/mol. The Morgan fingerprint density at radius 3 is 2.67 bits per heavy atom. The molecule has 3 aromatic rings. The maximum absolute atomic E-state index is 5.78. The fourth-order valence-electron chi connectivity index (χ4n) is 2.44. The third-order valence-corrected chi connectivity index (χ3v) is 4.26. The zero-order valence-electron chi connectivity index (χ0n) is 11.3. The number of hydrazine groups is 1. The lowest BCUT2D eigenvalue weighted by Gasteiger charge is -2.18. The molecule has 0 saturated carbocycles. The third kappa shape index (κ3) is 2.95. The van der Waals surface area contributed by atoms with Crippen molar-refractivity contribution in [2.45, 2.75) is 12.5 Å². The molecular weight excluding hydrogens is 328 g/mol. The second-order valence-corrected chi connectivity index (χ2v) is 5.64. The Morgan fingerprint density at radius 2 is 1.86 bits per heavy atom. The van der Waals surface area contributed by atoms with E-state index in [1.54, 1.807) is 12.4 Å². The maximum atomic E-state index is 5.78. The number of benzene rings is 2. The van der Waals surface area contributed by atoms with Gasteiger partial charge in [0, 0.05) is 16.9 Å². The fourth-order valence-corrected chi connectivity index (χ4v) is 2.89. The van der Waals surface area contributed by atoms with Crippen molar-refractivity contribution in [1.29, 1.82) is 0 Å². The molecule has 0 amide bonds. The summed E-state index contributed by atoms with van der Waals surface area (Å²) in [5.41, 5.74) is 6.91. The van der Waals surface area contributed by atoms with Crippen LogP contribution >= 0.6 is 15.9 Å². The number of hydrogen-bond acceptors (Lipinski definition) is 4. The van der Waals surface area contributed by atoms with E-state index < -0.39 is 0 Å². The second-order valence-electron chi connectivity index (χ2n) is 4.79. The Bertz CT molecular complexity index is 755. The number of nitrogens with zero attached hydrogens (tertiary/aromatic N) is 2. The quantitative estimate of drug-likeness (QED) is 0.564. The van der Waals surface area contributed by atoms with Crippen molar-refractivity contribution in [1.82, 2.24) is 15.4 Å². The minimum absolute atomic E-state index is 0.0240. The molecule has 1 aromatic heterocycles. The van der Waals surface area contributed by atoms with Gasteiger partial charge in [-0.05, 0) is 29.7 Å². The molecule has 3 N–H and O–H groups in total. The number of nitrogens with two attached hydrogens (primary N) is 1. The first kappa shape index (κ1) is 14.1. The average molecular weight is 343 g/mol. The van der Waals surface area contributed by atoms with Gasteiger partial charge < -0.3 is 0 Å². The lowest BCUT2D eigenvalue weighted by atomic mass is 9.98. The summed E-state index contributed by atoms with van der Waals surface area (Å²) in [6.45, 7) is 0. The molecule has 5 heteroatoms. The van der Waals surface area contributed by atoms with Crippen molar-refractivity contribution in [3.8, 4) is 0 Å². The van der Waals surface area contributed by atoms with Gasteiger partial charge in [-0.2, -0.15) is 0 Å². The zero-order chi connectivity index (χ0) is 14.7. The lowest BCUT2D eigenvalue weighted by molar-refractivity contribution is 0.554. The molecule has 0 aliphatic rings. The minimum Gasteiger partial charge on any atom is -0.271 e. The Hall–Kier alpha value is -1.82. The van der Waals surface area contributed by atoms with E-state index >= 15 is 0 Å². The number of halogens is 1. The Kier molecular flexibility index (Phi) is 4.24. The van der Waals surface area contributed by atoms with Crippen LogP contribution < -0.4 is 11.3 Å². The molecule has 0 aliphatic carbocycles. The largest absolute Gasteiger partial charge is 0.271 e. The first-order valence-corrected chi connectivity index (χ1v) is 7.48. The molecule has 0 spiro atoms. The maximum Gasteiger partial charge on any atom is 0.0935 e. The standard InChI is InChI=1S/C16H15BrN4/c17-13-6-2-1-4-11(13)10-15(21-18)12-5-3-7-14-16(12)20-9-8-19-14/h1-9,15,21H,10,18H2. The van der Waals surface area contributed by atoms with Crippen LogP contribution in [-0.2, 0) is 6.42 Å². The fraction of sp³-hybridized carbons (Fsp3) is 0.125. The molecule has 4 nitrogen and oxygen atoms in total. The van der Waals surface area contributed by atoms with E-state index in [4.69, 9.17) is 5.84 Å². The first-order chi connectivity index (χ1) is 10.3. The minimum atomic E-state index is -0.0240. The molecule has 0 bridgehead atoms. The molecule has 0 saturated heterocycles. The van der Waals surface area contributed by atoms with Gasteiger partial charge in [-0.25, -0.2) is 0 Å². The Morgan fingerprint density at radius 1 is 1.05 bits per heavy atom. The molecule has 0 fully saturated rings. The van der Waals surface area contributed by atoms with Crippen molar-refractivity contribution in [3.05, 3.63) is 70.5 Å². The number of aromatic nitrogens is 2. The van der Waals surface area contributed by atoms with Gasteiger partial charge in [0.15, 0.2) is 0 Å². The number of rotatable bonds is 4. The van der Waals surface area contributed by atoms with E-state index in [0.717, 1.165) is 27.5 Å². The first-order valence-electron chi connectivity index (χ1n) is 6.69. The lowest BCUT2D eigenvalue weighted by Crippen LogP contribution is -2.30. The second kappa shape index (κ2) is 6.30. The molecule has 21 heavy (non-hydrogen) atoms. The highest BCUT2D eigenvalue weighted by Crippen LogP contribution is 2.26. The van der Waals surface area contributed by atoms with Crippen molar-refractivity contribution in [3.63, 3.8) is 0 Å². The summed E-state index contributed by atoms with van der Waals surface area (Å²) in [4.78, 5) is 8.79. The number of hydrogen-bond donors (Lipinski definition) is 2. The highest BCUT2D eigenvalue weighted by molar-refractivity contribution is 9.10. The molecular formula is C16H15BrN4. The van der Waals surface area contributed by atoms with Crippen molar-refractivity contribution in [2.75, 3.05) is 0 Å². The summed E-state index contributed by atoms with van der Waals surface area (Å²) in [6, 6.07) is 14.1. The van der Waals surface area contributed by atoms with E-state index in [0.29, 0.717) is 0 Å². The van der Waals surface area contributed by atoms with Gasteiger partial charge in [-0.15, -0.1) is 0 Å². The van der Waals surface area contributed by atoms with Gasteiger partial charge >= 0.3 is 0 Å². The van der Waals surface area contributed by atoms with Crippen LogP contribution in [0, 0.1) is 0 Å². The highest BCUT2D eigenvalue weighted by Gasteiger charge is 2.15. The van der Waals surface area contributed by atoms with E-state index in [1.165, 1.54) is 5.56 Å². The van der Waals surface area contributed by atoms with Crippen molar-refractivity contribution >= 4 is 27.0 Å². The van der Waals surface area contributed by atoms with E-state index in [9.17, 15) is 0 Å². The monoisotopic (exact) mass is 342 g/mol. The number of para-hydroxylation sites is 1. The molecule has 0 radical (unpaired) electrons. The van der Waals surface area contributed by atoms with Crippen LogP contribution in [0.4, 0.5) is 0 Å². The zero-order valence-corrected chi connectivity index (χ0v) is 12.9. The van der Waals surface area contributed by atoms with Gasteiger partial charge in [-0.1, -0.05) is 46.3 Å². The van der Waals surface area contributed by atoms with Gasteiger partial charge in [0.05, 0.1) is 17.1 Å². The molecule has 1 atom stereocenters. The molecule has 1 unspecified atom stereocenters. The molecule has 106 valence electrons. The Balaban J connectivity index is 2.01. The topological polar surface area (TPSA) is 63.8 Å². The van der Waals surface area contributed by atoms with Crippen LogP contribution in [0.3, 0.4) is 0 Å². The summed E-state index contributed by atoms with van der Waals surface area (Å²) in [6.07, 6.45) is 4.18. The van der Waals surface area contributed by atoms with E-state index in [-0.39, 0.29) is 6.04 Å². The SMILES string of the molecule is NNC(Cc1ccccc1Br)c1cccc2nccnc12. The normalized spacial score (nSPS) is 12.5. The molecule has 0 aliphatic heterocycles. The number of nitrogens with one attached hydrogen (secondary N) is 1. The van der Waals surface area contributed by atoms with Crippen molar-refractivity contribution in [2.24, 2.45) is 5.84 Å². The predicted octanol–water partition coefficient (Wildman–Crippen LogP) is 3.14. The van der Waals surface area contributed by atoms with E-state index in [1.807, 2.05) is 36.4 Å². The third-order valence-electron chi connectivity index (χ3n) is 3.49. The summed E-state index contributed by atoms with van der Waals surface area (Å²) in [5, 5.41) is 0. The van der Waals surface area contributed by atoms with Gasteiger partial charge in [-0.3, -0.25) is 21.2 Å². The Labute approximate surface area is 131 Å². The van der Waals surface area contributed by atoms with E-state index in [2.05, 4.69) is 37.4 Å². The molecule has 2 aromatic carbocycles. The average Bonchev–Trinajstić information content (AvgIpc) is 2.54. The van der Waals surface area contributed by atoms with Crippen LogP contribution in [0.2, 0.25) is 0 Å². The van der Waals surface area contributed by atoms with Crippen LogP contribution in [-0.4, -0.2) is 9.97 Å². The molecule has 3 rings (SSSR count). The van der Waals surface area contributed by atoms with Crippen LogP contribution in [0.1, 0.15) is 17.2 Å².